The van der Waals surface area contributed by atoms with Crippen molar-refractivity contribution < 1.29 is 0 Å². The number of hydrogen-bond donors (Lipinski definition) is 1. The van der Waals surface area contributed by atoms with Crippen LogP contribution in [0.2, 0.25) is 0 Å². The molecule has 7 aliphatic heterocycles. The van der Waals surface area contributed by atoms with Crippen LogP contribution in [-0.4, -0.2) is 42.1 Å². The number of benzene rings is 5. The zero-order valence-electron chi connectivity index (χ0n) is 24.1. The van der Waals surface area contributed by atoms with Crippen LogP contribution in [0.5, 0.6) is 0 Å². The fourth-order valence-corrected chi connectivity index (χ4v) is 32.2. The Morgan fingerprint density at radius 3 is 1.93 bits per heavy atom. The third-order valence-corrected chi connectivity index (χ3v) is 29.2. The van der Waals surface area contributed by atoms with Gasteiger partial charge >= 0.3 is 263 Å². The SMILES string of the molecule is C[N+]1(c2ccccc2)C=CN2c3ccc4c5[c]3[Po]3([c]6c(ccc7c6B5N(c5ccccc5-7)c5ccccc5-4)N4C=CN[CH]43)[CH]21. The molecule has 1 spiro atoms. The van der Waals surface area contributed by atoms with E-state index in [0.717, 1.165) is 4.48 Å². The molecule has 44 heavy (non-hydrogen) atoms. The Labute approximate surface area is 261 Å². The van der Waals surface area contributed by atoms with Crippen molar-refractivity contribution in [3.05, 3.63) is 128 Å². The van der Waals surface area contributed by atoms with E-state index in [1.54, 1.807) is 17.4 Å². The van der Waals surface area contributed by atoms with Crippen molar-refractivity contribution in [2.45, 2.75) is 7.65 Å². The molecule has 0 aromatic heterocycles. The first kappa shape index (κ1) is 23.1. The molecule has 5 aromatic rings. The molecule has 0 radical (unpaired) electrons. The van der Waals surface area contributed by atoms with Crippen LogP contribution < -0.4 is 41.8 Å². The summed E-state index contributed by atoms with van der Waals surface area (Å²) in [6.45, 7) is 0.169. The van der Waals surface area contributed by atoms with Crippen LogP contribution >= 0.6 is 0 Å². The van der Waals surface area contributed by atoms with Gasteiger partial charge in [0, 0.05) is 0 Å². The van der Waals surface area contributed by atoms with Crippen LogP contribution in [0.15, 0.2) is 128 Å². The monoisotopic (exact) mass is 761 g/mol. The van der Waals surface area contributed by atoms with Crippen LogP contribution in [0.25, 0.3) is 22.3 Å². The number of anilines is 4. The number of fused-ring (bicyclic) bond motifs is 10. The van der Waals surface area contributed by atoms with Gasteiger partial charge < -0.3 is 0 Å². The molecule has 5 nitrogen and oxygen atoms in total. The molecule has 7 heterocycles. The van der Waals surface area contributed by atoms with Gasteiger partial charge in [0.2, 0.25) is 0 Å². The van der Waals surface area contributed by atoms with Gasteiger partial charge in [-0.25, -0.2) is 0 Å². The van der Waals surface area contributed by atoms with Gasteiger partial charge in [-0.15, -0.1) is 0 Å². The molecule has 4 unspecified atom stereocenters. The standard InChI is InChI=1S/C37H27BN5.Po/c1-43(29-9-3-2-4-10-29)22-21-41(26-43)28-16-18-31-33-12-6-8-14-37(33)42-36-13-7-5-11-32(36)30-17-15-27(40-20-19-39-25-40)23-34(30)38(42)35(31)24-28;/h2-22,25-26,39H,1H3;/q+1;. The van der Waals surface area contributed by atoms with Crippen molar-refractivity contribution in [3.8, 4) is 22.3 Å². The van der Waals surface area contributed by atoms with E-state index in [0.29, 0.717) is 3.82 Å². The molecule has 12 rings (SSSR count). The molecule has 0 bridgehead atoms. The van der Waals surface area contributed by atoms with Gasteiger partial charge in [-0.1, -0.05) is 0 Å². The molecule has 0 amide bonds. The average molecular weight is 761 g/mol. The van der Waals surface area contributed by atoms with Gasteiger partial charge in [0.25, 0.3) is 0 Å². The molecule has 0 aliphatic carbocycles. The molecule has 0 fully saturated rings. The van der Waals surface area contributed by atoms with Crippen molar-refractivity contribution >= 4 is 73.2 Å². The quantitative estimate of drug-likeness (QED) is 0.206. The summed E-state index contributed by atoms with van der Waals surface area (Å²) in [6, 6.07) is 39.3. The second kappa shape index (κ2) is 7.32. The maximum atomic E-state index is 4.01. The van der Waals surface area contributed by atoms with Gasteiger partial charge in [-0.2, -0.15) is 0 Å². The first-order chi connectivity index (χ1) is 21.7. The third-order valence-electron chi connectivity index (χ3n) is 11.3. The molecule has 5 aromatic carbocycles. The van der Waals surface area contributed by atoms with Gasteiger partial charge in [-0.3, -0.25) is 0 Å². The Hall–Kier alpha value is -4.30. The fourth-order valence-electron chi connectivity index (χ4n) is 9.75. The van der Waals surface area contributed by atoms with Gasteiger partial charge in [0.05, 0.1) is 0 Å². The summed E-state index contributed by atoms with van der Waals surface area (Å²) in [6.07, 6.45) is 9.43. The number of quaternary nitrogens is 1. The Balaban J connectivity index is 1.31. The minimum atomic E-state index is -3.78. The number of nitrogens with zero attached hydrogens (tertiary/aromatic N) is 4. The Morgan fingerprint density at radius 2 is 1.25 bits per heavy atom. The van der Waals surface area contributed by atoms with Crippen LogP contribution in [0.4, 0.5) is 28.4 Å². The van der Waals surface area contributed by atoms with Crippen molar-refractivity contribution in [2.75, 3.05) is 21.7 Å². The minimum absolute atomic E-state index is 0.169. The molecule has 1 N–H and O–H groups in total. The fraction of sp³-hybridized carbons (Fsp3) is 0.0811. The molecule has 7 heteroatoms. The van der Waals surface area contributed by atoms with Crippen molar-refractivity contribution in [1.82, 2.24) is 9.80 Å². The second-order valence-corrected chi connectivity index (χ2v) is 25.1. The molecule has 0 saturated carbocycles. The van der Waals surface area contributed by atoms with Crippen LogP contribution in [0.1, 0.15) is 0 Å². The van der Waals surface area contributed by atoms with Crippen molar-refractivity contribution in [3.63, 3.8) is 0 Å². The van der Waals surface area contributed by atoms with Crippen molar-refractivity contribution in [1.29, 1.82) is 0 Å². The first-order valence-electron chi connectivity index (χ1n) is 15.5. The van der Waals surface area contributed by atoms with E-state index in [-0.39, 0.29) is 10.7 Å². The van der Waals surface area contributed by atoms with E-state index >= 15 is 0 Å². The van der Waals surface area contributed by atoms with Gasteiger partial charge in [0.1, 0.15) is 0 Å². The van der Waals surface area contributed by atoms with E-state index in [9.17, 15) is 0 Å². The molecule has 208 valence electrons. The summed E-state index contributed by atoms with van der Waals surface area (Å²) >= 11 is -3.78. The van der Waals surface area contributed by atoms with E-state index in [2.05, 4.69) is 155 Å². The number of nitrogens with one attached hydrogen (secondary N) is 1. The number of para-hydroxylation sites is 3. The number of hydrogen-bond acceptors (Lipinski definition) is 4. The summed E-state index contributed by atoms with van der Waals surface area (Å²) in [4.78, 5) is 8.03. The van der Waals surface area contributed by atoms with E-state index in [1.807, 2.05) is 0 Å². The maximum absolute atomic E-state index is 4.01. The normalized spacial score (nSPS) is 28.7. The summed E-state index contributed by atoms with van der Waals surface area (Å²) < 4.78 is 4.83. The molecular weight excluding hydrogens is 734 g/mol. The topological polar surface area (TPSA) is 21.8 Å². The summed E-state index contributed by atoms with van der Waals surface area (Å²) in [5.41, 5.74) is 15.6. The van der Waals surface area contributed by atoms with Gasteiger partial charge in [0.15, 0.2) is 0 Å². The van der Waals surface area contributed by atoms with Crippen LogP contribution in [0, 0.1) is 0 Å². The molecule has 0 saturated heterocycles. The summed E-state index contributed by atoms with van der Waals surface area (Å²) in [7, 11) is 2.46. The van der Waals surface area contributed by atoms with Gasteiger partial charge in [-0.05, 0) is 0 Å². The van der Waals surface area contributed by atoms with Crippen LogP contribution in [0.3, 0.4) is 0 Å². The predicted octanol–water partition coefficient (Wildman–Crippen LogP) is 4.03. The Kier molecular flexibility index (Phi) is 3.85. The van der Waals surface area contributed by atoms with E-state index in [4.69, 9.17) is 0 Å². The third kappa shape index (κ3) is 2.21. The molecular formula is C37H27BN5Po+. The Bertz CT molecular complexity index is 2180. The number of rotatable bonds is 1. The first-order valence-corrected chi connectivity index (χ1v) is 22.3. The summed E-state index contributed by atoms with van der Waals surface area (Å²) in [5, 5.41) is 4.01. The average Bonchev–Trinajstić information content (AvgIpc) is 3.83. The second-order valence-electron chi connectivity index (χ2n) is 13.0. The molecule has 4 atom stereocenters. The predicted molar refractivity (Wildman–Crippen MR) is 184 cm³/mol. The molecule has 7 aliphatic rings. The Morgan fingerprint density at radius 1 is 0.636 bits per heavy atom. The zero-order valence-corrected chi connectivity index (χ0v) is 27.2. The van der Waals surface area contributed by atoms with E-state index < -0.39 is 20.6 Å². The van der Waals surface area contributed by atoms with Crippen molar-refractivity contribution in [2.24, 2.45) is 0 Å². The zero-order chi connectivity index (χ0) is 28.5. The van der Waals surface area contributed by atoms with E-state index in [1.165, 1.54) is 50.7 Å². The summed E-state index contributed by atoms with van der Waals surface area (Å²) in [5.74, 6) is 0. The van der Waals surface area contributed by atoms with Crippen LogP contribution in [-0.2, 0) is 0 Å².